The summed E-state index contributed by atoms with van der Waals surface area (Å²) in [6.45, 7) is 11.3. The number of nitrogens with zero attached hydrogens (tertiary/aromatic N) is 3. The molecule has 0 saturated heterocycles. The fraction of sp³-hybridized carbons (Fsp3) is 0.533. The molecule has 19 heavy (non-hydrogen) atoms. The van der Waals surface area contributed by atoms with Gasteiger partial charge in [0.05, 0.1) is 17.9 Å². The van der Waals surface area contributed by atoms with E-state index >= 15 is 0 Å². The van der Waals surface area contributed by atoms with E-state index in [1.807, 2.05) is 6.92 Å². The number of hydrogen-bond donors (Lipinski definition) is 1. The zero-order valence-corrected chi connectivity index (χ0v) is 12.3. The van der Waals surface area contributed by atoms with E-state index in [1.165, 1.54) is 11.3 Å². The number of rotatable bonds is 6. The Morgan fingerprint density at radius 3 is 2.84 bits per heavy atom. The van der Waals surface area contributed by atoms with Gasteiger partial charge in [-0.25, -0.2) is 0 Å². The molecule has 1 atom stereocenters. The lowest BCUT2D eigenvalue weighted by atomic mass is 10.2. The smallest absolute Gasteiger partial charge is 0.0639 e. The molecule has 4 nitrogen and oxygen atoms in total. The normalized spacial score (nSPS) is 12.8. The average Bonchev–Trinajstić information content (AvgIpc) is 2.97. The molecule has 2 rings (SSSR count). The third-order valence-corrected chi connectivity index (χ3v) is 3.41. The Bertz CT molecular complexity index is 524. The summed E-state index contributed by atoms with van der Waals surface area (Å²) < 4.78 is 4.30. The van der Waals surface area contributed by atoms with E-state index in [-0.39, 0.29) is 0 Å². The van der Waals surface area contributed by atoms with E-state index in [2.05, 4.69) is 65.0 Å². The molecule has 4 heteroatoms. The van der Waals surface area contributed by atoms with Crippen LogP contribution >= 0.6 is 0 Å². The van der Waals surface area contributed by atoms with Gasteiger partial charge in [0.2, 0.25) is 0 Å². The van der Waals surface area contributed by atoms with E-state index < -0.39 is 0 Å². The van der Waals surface area contributed by atoms with Crippen molar-refractivity contribution >= 4 is 0 Å². The summed E-state index contributed by atoms with van der Waals surface area (Å²) in [5, 5.41) is 7.92. The van der Waals surface area contributed by atoms with E-state index in [0.29, 0.717) is 6.04 Å². The van der Waals surface area contributed by atoms with Crippen molar-refractivity contribution in [2.45, 2.75) is 46.8 Å². The average molecular weight is 260 g/mol. The molecule has 0 radical (unpaired) electrons. The first kappa shape index (κ1) is 13.9. The van der Waals surface area contributed by atoms with Crippen LogP contribution < -0.4 is 5.32 Å². The van der Waals surface area contributed by atoms with Gasteiger partial charge in [0.15, 0.2) is 0 Å². The van der Waals surface area contributed by atoms with Crippen molar-refractivity contribution in [2.75, 3.05) is 6.54 Å². The summed E-state index contributed by atoms with van der Waals surface area (Å²) in [7, 11) is 0. The second-order valence-corrected chi connectivity index (χ2v) is 4.99. The first-order valence-corrected chi connectivity index (χ1v) is 7.06. The maximum absolute atomic E-state index is 4.49. The topological polar surface area (TPSA) is 34.8 Å². The largest absolute Gasteiger partial charge is 0.348 e. The van der Waals surface area contributed by atoms with Gasteiger partial charge in [-0.3, -0.25) is 4.68 Å². The predicted molar refractivity (Wildman–Crippen MR) is 78.3 cm³/mol. The second-order valence-electron chi connectivity index (χ2n) is 4.99. The van der Waals surface area contributed by atoms with Crippen molar-refractivity contribution in [3.05, 3.63) is 41.5 Å². The van der Waals surface area contributed by atoms with Gasteiger partial charge < -0.3 is 9.88 Å². The third-order valence-electron chi connectivity index (χ3n) is 3.41. The van der Waals surface area contributed by atoms with Gasteiger partial charge in [0.1, 0.15) is 0 Å². The van der Waals surface area contributed by atoms with E-state index in [1.54, 1.807) is 0 Å². The predicted octanol–water partition coefficient (Wildman–Crippen LogP) is 2.73. The maximum atomic E-state index is 4.49. The Morgan fingerprint density at radius 1 is 1.37 bits per heavy atom. The minimum atomic E-state index is 0.407. The van der Waals surface area contributed by atoms with Crippen LogP contribution in [0.5, 0.6) is 0 Å². The van der Waals surface area contributed by atoms with Gasteiger partial charge >= 0.3 is 0 Å². The molecule has 0 aliphatic rings. The first-order valence-electron chi connectivity index (χ1n) is 7.06. The van der Waals surface area contributed by atoms with Crippen molar-refractivity contribution in [3.8, 4) is 0 Å². The fourth-order valence-corrected chi connectivity index (χ4v) is 2.43. The lowest BCUT2D eigenvalue weighted by Crippen LogP contribution is -2.17. The number of aryl methyl sites for hydroxylation is 2. The highest BCUT2D eigenvalue weighted by Crippen LogP contribution is 2.14. The minimum Gasteiger partial charge on any atom is -0.348 e. The monoisotopic (exact) mass is 260 g/mol. The highest BCUT2D eigenvalue weighted by molar-refractivity contribution is 5.17. The van der Waals surface area contributed by atoms with Gasteiger partial charge in [0, 0.05) is 25.0 Å². The van der Waals surface area contributed by atoms with Crippen molar-refractivity contribution in [1.29, 1.82) is 0 Å². The molecule has 0 bridgehead atoms. The van der Waals surface area contributed by atoms with Gasteiger partial charge in [0.25, 0.3) is 0 Å². The zero-order valence-electron chi connectivity index (χ0n) is 12.3. The van der Waals surface area contributed by atoms with Crippen LogP contribution in [0.2, 0.25) is 0 Å². The molecular formula is C15H24N4. The summed E-state index contributed by atoms with van der Waals surface area (Å²) in [6, 6.07) is 4.76. The summed E-state index contributed by atoms with van der Waals surface area (Å²) in [5.74, 6) is 0. The van der Waals surface area contributed by atoms with Gasteiger partial charge in [-0.2, -0.15) is 5.10 Å². The molecule has 0 spiro atoms. The first-order chi connectivity index (χ1) is 9.13. The Balaban J connectivity index is 2.11. The molecule has 1 unspecified atom stereocenters. The third kappa shape index (κ3) is 3.26. The Hall–Kier alpha value is -1.55. The molecule has 2 aromatic rings. The van der Waals surface area contributed by atoms with Gasteiger partial charge in [-0.1, -0.05) is 6.92 Å². The van der Waals surface area contributed by atoms with Crippen molar-refractivity contribution in [2.24, 2.45) is 0 Å². The summed E-state index contributed by atoms with van der Waals surface area (Å²) >= 11 is 0. The highest BCUT2D eigenvalue weighted by Gasteiger charge is 2.08. The number of nitrogens with one attached hydrogen (secondary N) is 1. The van der Waals surface area contributed by atoms with Crippen LogP contribution in [0, 0.1) is 6.92 Å². The molecule has 0 aliphatic carbocycles. The number of aromatic nitrogens is 3. The standard InChI is InChI=1S/C15H24N4/c1-5-16-13(4)14-7-8-18(10-14)11-15-9-12(3)17-19(15)6-2/h7-10,13,16H,5-6,11H2,1-4H3. The summed E-state index contributed by atoms with van der Waals surface area (Å²) in [4.78, 5) is 0. The van der Waals surface area contributed by atoms with Crippen LogP contribution in [-0.4, -0.2) is 20.9 Å². The Kier molecular flexibility index (Phi) is 4.43. The molecule has 104 valence electrons. The van der Waals surface area contributed by atoms with Crippen LogP contribution in [0.4, 0.5) is 0 Å². The highest BCUT2D eigenvalue weighted by atomic mass is 15.3. The molecule has 0 saturated carbocycles. The van der Waals surface area contributed by atoms with Crippen molar-refractivity contribution in [3.63, 3.8) is 0 Å². The molecule has 1 N–H and O–H groups in total. The van der Waals surface area contributed by atoms with Crippen molar-refractivity contribution < 1.29 is 0 Å². The summed E-state index contributed by atoms with van der Waals surface area (Å²) in [5.41, 5.74) is 3.68. The SMILES string of the molecule is CCNC(C)c1ccn(Cc2cc(C)nn2CC)c1. The van der Waals surface area contributed by atoms with Crippen LogP contribution in [0.25, 0.3) is 0 Å². The van der Waals surface area contributed by atoms with Crippen molar-refractivity contribution in [1.82, 2.24) is 19.7 Å². The Morgan fingerprint density at radius 2 is 2.16 bits per heavy atom. The molecule has 0 aliphatic heterocycles. The minimum absolute atomic E-state index is 0.407. The quantitative estimate of drug-likeness (QED) is 0.866. The van der Waals surface area contributed by atoms with Crippen LogP contribution in [0.3, 0.4) is 0 Å². The Labute approximate surface area is 115 Å². The molecule has 2 aromatic heterocycles. The maximum Gasteiger partial charge on any atom is 0.0639 e. The lowest BCUT2D eigenvalue weighted by Gasteiger charge is -2.10. The summed E-state index contributed by atoms with van der Waals surface area (Å²) in [6.07, 6.45) is 4.36. The lowest BCUT2D eigenvalue weighted by molar-refractivity contribution is 0.587. The van der Waals surface area contributed by atoms with E-state index in [9.17, 15) is 0 Å². The molecule has 0 fully saturated rings. The van der Waals surface area contributed by atoms with Crippen LogP contribution in [0.1, 0.15) is 43.8 Å². The molecular weight excluding hydrogens is 236 g/mol. The second kappa shape index (κ2) is 6.06. The molecule has 0 amide bonds. The van der Waals surface area contributed by atoms with Gasteiger partial charge in [-0.05, 0) is 45.0 Å². The molecule has 2 heterocycles. The van der Waals surface area contributed by atoms with Crippen LogP contribution in [-0.2, 0) is 13.1 Å². The zero-order chi connectivity index (χ0) is 13.8. The number of hydrogen-bond acceptors (Lipinski definition) is 2. The van der Waals surface area contributed by atoms with Crippen LogP contribution in [0.15, 0.2) is 24.5 Å². The van der Waals surface area contributed by atoms with E-state index in [4.69, 9.17) is 0 Å². The van der Waals surface area contributed by atoms with E-state index in [0.717, 1.165) is 25.3 Å². The molecule has 0 aromatic carbocycles. The van der Waals surface area contributed by atoms with Gasteiger partial charge in [-0.15, -0.1) is 0 Å². The fourth-order valence-electron chi connectivity index (χ4n) is 2.43.